The normalized spacial score (nSPS) is 21.7. The predicted octanol–water partition coefficient (Wildman–Crippen LogP) is 6.22. The van der Waals surface area contributed by atoms with Crippen molar-refractivity contribution in [2.45, 2.75) is 23.9 Å². The van der Waals surface area contributed by atoms with E-state index < -0.39 is 5.60 Å². The van der Waals surface area contributed by atoms with Crippen molar-refractivity contribution >= 4 is 0 Å². The van der Waals surface area contributed by atoms with Crippen molar-refractivity contribution in [3.63, 3.8) is 0 Å². The van der Waals surface area contributed by atoms with E-state index in [2.05, 4.69) is 72.8 Å². The van der Waals surface area contributed by atoms with Gasteiger partial charge >= 0.3 is 0 Å². The zero-order chi connectivity index (χ0) is 20.1. The molecule has 0 fully saturated rings. The number of fused-ring (bicyclic) bond motifs is 1. The van der Waals surface area contributed by atoms with Crippen LogP contribution < -0.4 is 0 Å². The Bertz CT molecular complexity index is 1110. The minimum Gasteiger partial charge on any atom is -0.380 e. The van der Waals surface area contributed by atoms with Crippen molar-refractivity contribution in [3.8, 4) is 0 Å². The molecule has 0 heterocycles. The molecule has 2 bridgehead atoms. The van der Waals surface area contributed by atoms with Gasteiger partial charge in [-0.25, -0.2) is 0 Å². The molecule has 0 aromatic heterocycles. The van der Waals surface area contributed by atoms with E-state index in [-0.39, 0.29) is 11.8 Å². The maximum absolute atomic E-state index is 12.6. The molecule has 0 spiro atoms. The summed E-state index contributed by atoms with van der Waals surface area (Å²) in [7, 11) is 0. The van der Waals surface area contributed by atoms with Gasteiger partial charge in [-0.2, -0.15) is 0 Å². The average Bonchev–Trinajstić information content (AvgIpc) is 2.84. The standard InChI is InChI=1S/C29H24O/c30-29(20-11-3-1-4-12-20,21-13-5-2-6-14-21)27-19-26-22-15-7-9-17-24(22)28(27)25-18-10-8-16-23(25)26/h1-18,26-28,30H,19H2. The first-order valence-electron chi connectivity index (χ1n) is 10.8. The monoisotopic (exact) mass is 388 g/mol. The third-order valence-electron chi connectivity index (χ3n) is 7.27. The van der Waals surface area contributed by atoms with Gasteiger partial charge in [0.05, 0.1) is 0 Å². The lowest BCUT2D eigenvalue weighted by Gasteiger charge is -2.51. The highest BCUT2D eigenvalue weighted by Gasteiger charge is 2.52. The van der Waals surface area contributed by atoms with Gasteiger partial charge in [-0.3, -0.25) is 0 Å². The molecule has 3 aliphatic carbocycles. The van der Waals surface area contributed by atoms with Crippen molar-refractivity contribution in [2.24, 2.45) is 5.92 Å². The van der Waals surface area contributed by atoms with Crippen LogP contribution in [-0.2, 0) is 5.60 Å². The maximum Gasteiger partial charge on any atom is 0.118 e. The van der Waals surface area contributed by atoms with Gasteiger partial charge in [0.15, 0.2) is 0 Å². The topological polar surface area (TPSA) is 20.2 Å². The molecule has 0 saturated carbocycles. The van der Waals surface area contributed by atoms with Gasteiger partial charge in [-0.1, -0.05) is 109 Å². The fraction of sp³-hybridized carbons (Fsp3) is 0.172. The highest BCUT2D eigenvalue weighted by Crippen LogP contribution is 2.60. The zero-order valence-electron chi connectivity index (χ0n) is 16.8. The van der Waals surface area contributed by atoms with Crippen molar-refractivity contribution in [3.05, 3.63) is 143 Å². The number of hydrogen-bond acceptors (Lipinski definition) is 1. The summed E-state index contributed by atoms with van der Waals surface area (Å²) >= 11 is 0. The maximum atomic E-state index is 12.6. The summed E-state index contributed by atoms with van der Waals surface area (Å²) in [5.41, 5.74) is 6.52. The van der Waals surface area contributed by atoms with Crippen molar-refractivity contribution in [1.29, 1.82) is 0 Å². The van der Waals surface area contributed by atoms with E-state index in [0.29, 0.717) is 5.92 Å². The van der Waals surface area contributed by atoms with Gasteiger partial charge in [0.2, 0.25) is 0 Å². The van der Waals surface area contributed by atoms with Crippen LogP contribution in [0.3, 0.4) is 0 Å². The number of aliphatic hydroxyl groups is 1. The van der Waals surface area contributed by atoms with Crippen molar-refractivity contribution in [1.82, 2.24) is 0 Å². The van der Waals surface area contributed by atoms with Gasteiger partial charge in [-0.05, 0) is 39.8 Å². The van der Waals surface area contributed by atoms with Gasteiger partial charge in [0.1, 0.15) is 5.60 Å². The number of rotatable bonds is 3. The molecule has 30 heavy (non-hydrogen) atoms. The number of hydrogen-bond donors (Lipinski definition) is 1. The molecule has 3 aliphatic rings. The second-order valence-electron chi connectivity index (χ2n) is 8.63. The van der Waals surface area contributed by atoms with Crippen LogP contribution in [0.1, 0.15) is 51.6 Å². The Kier molecular flexibility index (Phi) is 3.94. The fourth-order valence-corrected chi connectivity index (χ4v) is 6.03. The van der Waals surface area contributed by atoms with E-state index in [1.807, 2.05) is 36.4 Å². The van der Waals surface area contributed by atoms with Crippen molar-refractivity contribution in [2.75, 3.05) is 0 Å². The molecule has 0 saturated heterocycles. The Morgan fingerprint density at radius 1 is 0.533 bits per heavy atom. The molecule has 1 N–H and O–H groups in total. The third kappa shape index (κ3) is 2.39. The summed E-state index contributed by atoms with van der Waals surface area (Å²) in [6.07, 6.45) is 0.943. The molecule has 7 rings (SSSR count). The Morgan fingerprint density at radius 3 is 1.40 bits per heavy atom. The lowest BCUT2D eigenvalue weighted by atomic mass is 9.53. The Morgan fingerprint density at radius 2 is 0.933 bits per heavy atom. The highest BCUT2D eigenvalue weighted by molar-refractivity contribution is 5.57. The summed E-state index contributed by atoms with van der Waals surface area (Å²) < 4.78 is 0. The van der Waals surface area contributed by atoms with Crippen LogP contribution in [0.2, 0.25) is 0 Å². The molecule has 1 heteroatoms. The minimum atomic E-state index is -1.05. The molecule has 4 aromatic rings. The Hall–Kier alpha value is -3.16. The summed E-state index contributed by atoms with van der Waals surface area (Å²) in [5, 5.41) is 12.6. The van der Waals surface area contributed by atoms with Crippen LogP contribution in [-0.4, -0.2) is 5.11 Å². The first kappa shape index (κ1) is 17.7. The van der Waals surface area contributed by atoms with Gasteiger partial charge in [0.25, 0.3) is 0 Å². The fourth-order valence-electron chi connectivity index (χ4n) is 6.03. The van der Waals surface area contributed by atoms with Gasteiger partial charge < -0.3 is 5.11 Å². The summed E-state index contributed by atoms with van der Waals surface area (Å²) in [6, 6.07) is 38.2. The van der Waals surface area contributed by atoms with E-state index in [1.165, 1.54) is 22.3 Å². The Balaban J connectivity index is 1.61. The SMILES string of the molecule is OC(c1ccccc1)(c1ccccc1)C1CC2c3ccccc3C1c1ccccc12. The summed E-state index contributed by atoms with van der Waals surface area (Å²) in [6.45, 7) is 0. The molecule has 4 aromatic carbocycles. The molecule has 146 valence electrons. The second kappa shape index (κ2) is 6.68. The average molecular weight is 389 g/mol. The van der Waals surface area contributed by atoms with Crippen LogP contribution >= 0.6 is 0 Å². The summed E-state index contributed by atoms with van der Waals surface area (Å²) in [5.74, 6) is 0.566. The van der Waals surface area contributed by atoms with Crippen LogP contribution in [0.5, 0.6) is 0 Å². The van der Waals surface area contributed by atoms with Crippen LogP contribution in [0.25, 0.3) is 0 Å². The highest BCUT2D eigenvalue weighted by atomic mass is 16.3. The van der Waals surface area contributed by atoms with Crippen LogP contribution in [0.4, 0.5) is 0 Å². The lowest BCUT2D eigenvalue weighted by Crippen LogP contribution is -2.46. The summed E-state index contributed by atoms with van der Waals surface area (Å²) in [4.78, 5) is 0. The van der Waals surface area contributed by atoms with E-state index in [1.54, 1.807) is 0 Å². The van der Waals surface area contributed by atoms with Crippen LogP contribution in [0, 0.1) is 5.92 Å². The van der Waals surface area contributed by atoms with E-state index in [9.17, 15) is 5.11 Å². The van der Waals surface area contributed by atoms with Crippen molar-refractivity contribution < 1.29 is 5.11 Å². The van der Waals surface area contributed by atoms with Gasteiger partial charge in [-0.15, -0.1) is 0 Å². The second-order valence-corrected chi connectivity index (χ2v) is 8.63. The Labute approximate surface area is 177 Å². The van der Waals surface area contributed by atoms with E-state index in [0.717, 1.165) is 17.5 Å². The minimum absolute atomic E-state index is 0.0668. The molecule has 1 nitrogen and oxygen atoms in total. The predicted molar refractivity (Wildman–Crippen MR) is 121 cm³/mol. The molecule has 1 atom stereocenters. The largest absolute Gasteiger partial charge is 0.380 e. The molecule has 0 aliphatic heterocycles. The van der Waals surface area contributed by atoms with E-state index >= 15 is 0 Å². The molecule has 1 unspecified atom stereocenters. The first-order valence-corrected chi connectivity index (χ1v) is 10.8. The van der Waals surface area contributed by atoms with Gasteiger partial charge in [0, 0.05) is 17.8 Å². The lowest BCUT2D eigenvalue weighted by molar-refractivity contribution is -0.00432. The molecule has 0 radical (unpaired) electrons. The van der Waals surface area contributed by atoms with Crippen LogP contribution in [0.15, 0.2) is 109 Å². The smallest absolute Gasteiger partial charge is 0.118 e. The molecular weight excluding hydrogens is 364 g/mol. The zero-order valence-corrected chi connectivity index (χ0v) is 16.8. The number of benzene rings is 4. The van der Waals surface area contributed by atoms with E-state index in [4.69, 9.17) is 0 Å². The molecule has 0 amide bonds. The third-order valence-corrected chi connectivity index (χ3v) is 7.27. The molecular formula is C29H24O. The quantitative estimate of drug-likeness (QED) is 0.442. The first-order chi connectivity index (χ1) is 14.8.